The Hall–Kier alpha value is -2.49. The smallest absolute Gasteiger partial charge is 0.244 e. The molecule has 0 aromatic carbocycles. The largest absolute Gasteiger partial charge is 0.473 e. The van der Waals surface area contributed by atoms with Crippen LogP contribution in [-0.2, 0) is 4.74 Å². The van der Waals surface area contributed by atoms with Crippen molar-refractivity contribution >= 4 is 44.9 Å². The van der Waals surface area contributed by atoms with Crippen LogP contribution in [0.3, 0.4) is 0 Å². The number of hydrogen-bond donors (Lipinski definition) is 1. The lowest BCUT2D eigenvalue weighted by Crippen LogP contribution is -2.26. The van der Waals surface area contributed by atoms with Gasteiger partial charge in [0.15, 0.2) is 0 Å². The Morgan fingerprint density at radius 2 is 2.14 bits per heavy atom. The summed E-state index contributed by atoms with van der Waals surface area (Å²) in [6.45, 7) is 3.40. The summed E-state index contributed by atoms with van der Waals surface area (Å²) < 4.78 is 18.2. The van der Waals surface area contributed by atoms with Crippen molar-refractivity contribution in [3.63, 3.8) is 0 Å². The fraction of sp³-hybridized carbons (Fsp3) is 0.316. The van der Waals surface area contributed by atoms with Gasteiger partial charge in [0.05, 0.1) is 30.1 Å². The van der Waals surface area contributed by atoms with Crippen LogP contribution in [0.15, 0.2) is 35.2 Å². The molecule has 9 heteroatoms. The summed E-state index contributed by atoms with van der Waals surface area (Å²) in [6.07, 6.45) is 3.83. The molecule has 0 amide bonds. The zero-order chi connectivity index (χ0) is 18.9. The lowest BCUT2D eigenvalue weighted by atomic mass is 10.1. The van der Waals surface area contributed by atoms with Crippen LogP contribution in [0.4, 0.5) is 10.9 Å². The molecule has 0 saturated carbocycles. The van der Waals surface area contributed by atoms with Crippen molar-refractivity contribution in [2.24, 2.45) is 0 Å². The zero-order valence-corrected chi connectivity index (χ0v) is 16.9. The molecule has 0 unspecified atom stereocenters. The van der Waals surface area contributed by atoms with E-state index in [1.54, 1.807) is 11.3 Å². The highest BCUT2D eigenvalue weighted by molar-refractivity contribution is 7.10. The number of rotatable bonds is 5. The van der Waals surface area contributed by atoms with E-state index in [0.717, 1.165) is 53.5 Å². The molecule has 0 spiro atoms. The summed E-state index contributed by atoms with van der Waals surface area (Å²) in [6, 6.07) is 6.05. The Morgan fingerprint density at radius 1 is 1.25 bits per heavy atom. The fourth-order valence-corrected chi connectivity index (χ4v) is 4.53. The van der Waals surface area contributed by atoms with E-state index < -0.39 is 0 Å². The van der Waals surface area contributed by atoms with E-state index in [4.69, 9.17) is 19.4 Å². The Morgan fingerprint density at radius 3 is 2.89 bits per heavy atom. The fourth-order valence-electron chi connectivity index (χ4n) is 3.25. The number of nitrogens with one attached hydrogen (secondary N) is 1. The molecule has 5 rings (SSSR count). The molecule has 144 valence electrons. The zero-order valence-electron chi connectivity index (χ0n) is 15.3. The lowest BCUT2D eigenvalue weighted by Gasteiger charge is -2.23. The molecule has 0 bridgehead atoms. The second kappa shape index (κ2) is 7.50. The Balaban J connectivity index is 1.57. The molecular weight excluding hydrogens is 394 g/mol. The number of ether oxygens (including phenoxy) is 2. The average molecular weight is 414 g/mol. The van der Waals surface area contributed by atoms with Gasteiger partial charge in [-0.05, 0) is 42.0 Å². The minimum absolute atomic E-state index is 0.0937. The maximum atomic E-state index is 6.35. The average Bonchev–Trinajstić information content (AvgIpc) is 3.43. The topological polar surface area (TPSA) is 74.1 Å². The molecule has 0 aliphatic carbocycles. The van der Waals surface area contributed by atoms with Gasteiger partial charge < -0.3 is 19.4 Å². The van der Waals surface area contributed by atoms with Gasteiger partial charge in [-0.15, -0.1) is 0 Å². The first-order valence-corrected chi connectivity index (χ1v) is 10.8. The number of thiophene rings is 1. The first-order valence-electron chi connectivity index (χ1n) is 9.13. The molecule has 1 saturated heterocycles. The number of aromatic nitrogens is 4. The van der Waals surface area contributed by atoms with Crippen LogP contribution in [0.5, 0.6) is 5.88 Å². The van der Waals surface area contributed by atoms with Crippen LogP contribution in [0.2, 0.25) is 0 Å². The summed E-state index contributed by atoms with van der Waals surface area (Å²) in [5.74, 6) is 1.11. The van der Waals surface area contributed by atoms with Crippen LogP contribution < -0.4 is 10.1 Å². The predicted octanol–water partition coefficient (Wildman–Crippen LogP) is 4.55. The molecule has 1 aliphatic heterocycles. The second-order valence-corrected chi connectivity index (χ2v) is 8.23. The summed E-state index contributed by atoms with van der Waals surface area (Å²) in [7, 11) is 0. The van der Waals surface area contributed by atoms with Crippen molar-refractivity contribution in [2.45, 2.75) is 25.9 Å². The van der Waals surface area contributed by atoms with Crippen molar-refractivity contribution < 1.29 is 9.47 Å². The van der Waals surface area contributed by atoms with Crippen molar-refractivity contribution in [2.75, 3.05) is 18.5 Å². The van der Waals surface area contributed by atoms with Crippen LogP contribution in [0, 0.1) is 6.92 Å². The van der Waals surface area contributed by atoms with Gasteiger partial charge in [0.2, 0.25) is 11.8 Å². The molecule has 0 radical (unpaired) electrons. The predicted molar refractivity (Wildman–Crippen MR) is 111 cm³/mol. The van der Waals surface area contributed by atoms with Crippen molar-refractivity contribution in [3.05, 3.63) is 40.8 Å². The minimum atomic E-state index is 0.0937. The third-order valence-corrected chi connectivity index (χ3v) is 6.06. The third kappa shape index (κ3) is 3.48. The first-order chi connectivity index (χ1) is 13.8. The molecule has 5 heterocycles. The summed E-state index contributed by atoms with van der Waals surface area (Å²) in [5.41, 5.74) is 3.78. The maximum absolute atomic E-state index is 6.35. The molecule has 0 atom stereocenters. The van der Waals surface area contributed by atoms with E-state index in [1.807, 2.05) is 25.3 Å². The highest BCUT2D eigenvalue weighted by Gasteiger charge is 2.21. The molecule has 4 aromatic rings. The number of aryl methyl sites for hydroxylation is 1. The van der Waals surface area contributed by atoms with E-state index in [1.165, 1.54) is 11.5 Å². The second-order valence-electron chi connectivity index (χ2n) is 6.64. The molecule has 1 aliphatic rings. The van der Waals surface area contributed by atoms with Gasteiger partial charge in [-0.3, -0.25) is 0 Å². The molecule has 1 N–H and O–H groups in total. The molecule has 1 fully saturated rings. The van der Waals surface area contributed by atoms with E-state index in [-0.39, 0.29) is 6.10 Å². The third-order valence-electron chi connectivity index (χ3n) is 4.60. The lowest BCUT2D eigenvalue weighted by molar-refractivity contribution is 0.0243. The van der Waals surface area contributed by atoms with Gasteiger partial charge in [-0.25, -0.2) is 4.98 Å². The van der Waals surface area contributed by atoms with E-state index >= 15 is 0 Å². The van der Waals surface area contributed by atoms with Crippen molar-refractivity contribution in [3.8, 4) is 11.6 Å². The SMILES string of the molecule is Cc1cc(Nc2nc(OC3CCOCC3)c3c(ccn3-c3ccsc3)n2)sn1. The standard InChI is InChI=1S/C19H19N5O2S2/c1-12-10-16(28-23-12)21-19-20-15-2-6-24(13-5-9-27-11-13)17(15)18(22-19)26-14-3-7-25-8-4-14/h2,5-6,9-11,14H,3-4,7-8H2,1H3,(H,20,21,22). The Bertz CT molecular complexity index is 1080. The summed E-state index contributed by atoms with van der Waals surface area (Å²) in [5, 5.41) is 8.33. The maximum Gasteiger partial charge on any atom is 0.244 e. The highest BCUT2D eigenvalue weighted by atomic mass is 32.1. The van der Waals surface area contributed by atoms with Crippen LogP contribution >= 0.6 is 22.9 Å². The quantitative estimate of drug-likeness (QED) is 0.517. The first kappa shape index (κ1) is 17.6. The van der Waals surface area contributed by atoms with Gasteiger partial charge in [0.25, 0.3) is 0 Å². The van der Waals surface area contributed by atoms with E-state index in [0.29, 0.717) is 11.8 Å². The minimum Gasteiger partial charge on any atom is -0.473 e. The van der Waals surface area contributed by atoms with Crippen molar-refractivity contribution in [1.29, 1.82) is 0 Å². The number of hydrogen-bond acceptors (Lipinski definition) is 8. The monoisotopic (exact) mass is 413 g/mol. The number of fused-ring (bicyclic) bond motifs is 1. The molecule has 4 aromatic heterocycles. The van der Waals surface area contributed by atoms with Crippen molar-refractivity contribution in [1.82, 2.24) is 18.9 Å². The summed E-state index contributed by atoms with van der Waals surface area (Å²) >= 11 is 3.05. The Labute approximate surface area is 170 Å². The van der Waals surface area contributed by atoms with Gasteiger partial charge in [-0.2, -0.15) is 20.7 Å². The van der Waals surface area contributed by atoms with Gasteiger partial charge in [-0.1, -0.05) is 0 Å². The molecule has 28 heavy (non-hydrogen) atoms. The van der Waals surface area contributed by atoms with E-state index in [2.05, 4.69) is 31.1 Å². The summed E-state index contributed by atoms with van der Waals surface area (Å²) in [4.78, 5) is 9.42. The van der Waals surface area contributed by atoms with Crippen LogP contribution in [-0.4, -0.2) is 38.2 Å². The molecule has 7 nitrogen and oxygen atoms in total. The van der Waals surface area contributed by atoms with Gasteiger partial charge in [0.1, 0.15) is 16.6 Å². The highest BCUT2D eigenvalue weighted by Crippen LogP contribution is 2.31. The number of anilines is 2. The van der Waals surface area contributed by atoms with Gasteiger partial charge >= 0.3 is 0 Å². The normalized spacial score (nSPS) is 15.2. The van der Waals surface area contributed by atoms with Gasteiger partial charge in [0, 0.05) is 24.4 Å². The Kier molecular flexibility index (Phi) is 4.71. The van der Waals surface area contributed by atoms with Crippen LogP contribution in [0.25, 0.3) is 16.7 Å². The number of nitrogens with zero attached hydrogens (tertiary/aromatic N) is 4. The molecular formula is C19H19N5O2S2. The van der Waals surface area contributed by atoms with E-state index in [9.17, 15) is 0 Å². The van der Waals surface area contributed by atoms with Crippen LogP contribution in [0.1, 0.15) is 18.5 Å².